The molecule has 1 N–H and O–H groups in total. The standard InChI is InChI=1S/C25H30FN5OS/c1-19-10-7-8-16-30(19)17-9-15-27-23(32)18-33-25-29-28-24(21-13-5-6-14-22(21)26)31(25)20-11-3-2-4-12-20/h2-6,11-14,19H,7-10,15-18H2,1H3,(H,27,32). The Morgan fingerprint density at radius 1 is 1.12 bits per heavy atom. The molecule has 1 aromatic heterocycles. The molecule has 2 aromatic carbocycles. The maximum Gasteiger partial charge on any atom is 0.230 e. The molecule has 1 amide bonds. The molecule has 3 aromatic rings. The van der Waals surface area contributed by atoms with Gasteiger partial charge in [-0.05, 0) is 57.0 Å². The van der Waals surface area contributed by atoms with E-state index in [1.54, 1.807) is 22.8 Å². The zero-order chi connectivity index (χ0) is 23.0. The third-order valence-electron chi connectivity index (χ3n) is 5.98. The van der Waals surface area contributed by atoms with Crippen molar-refractivity contribution in [3.05, 3.63) is 60.4 Å². The van der Waals surface area contributed by atoms with Crippen molar-refractivity contribution in [3.8, 4) is 17.1 Å². The number of rotatable bonds is 9. The first-order valence-corrected chi connectivity index (χ1v) is 12.5. The van der Waals surface area contributed by atoms with E-state index in [0.717, 1.165) is 25.2 Å². The third kappa shape index (κ3) is 6.00. The molecule has 6 nitrogen and oxygen atoms in total. The molecule has 8 heteroatoms. The summed E-state index contributed by atoms with van der Waals surface area (Å²) in [5, 5.41) is 12.1. The average Bonchev–Trinajstić information content (AvgIpc) is 3.26. The number of amides is 1. The van der Waals surface area contributed by atoms with Crippen molar-refractivity contribution < 1.29 is 9.18 Å². The quantitative estimate of drug-likeness (QED) is 0.370. The molecule has 0 radical (unpaired) electrons. The van der Waals surface area contributed by atoms with Gasteiger partial charge in [0.05, 0.1) is 11.3 Å². The molecule has 0 saturated carbocycles. The smallest absolute Gasteiger partial charge is 0.230 e. The maximum atomic E-state index is 14.5. The van der Waals surface area contributed by atoms with E-state index in [-0.39, 0.29) is 17.5 Å². The Kier molecular flexibility index (Phi) is 8.12. The fraction of sp³-hybridized carbons (Fsp3) is 0.400. The van der Waals surface area contributed by atoms with Gasteiger partial charge in [-0.3, -0.25) is 9.36 Å². The summed E-state index contributed by atoms with van der Waals surface area (Å²) in [7, 11) is 0. The summed E-state index contributed by atoms with van der Waals surface area (Å²) < 4.78 is 16.3. The molecule has 0 spiro atoms. The lowest BCUT2D eigenvalue weighted by Crippen LogP contribution is -2.39. The minimum atomic E-state index is -0.362. The number of thioether (sulfide) groups is 1. The summed E-state index contributed by atoms with van der Waals surface area (Å²) in [4.78, 5) is 15.0. The van der Waals surface area contributed by atoms with Crippen LogP contribution in [0.2, 0.25) is 0 Å². The number of nitrogens with one attached hydrogen (secondary N) is 1. The molecular formula is C25H30FN5OS. The second-order valence-corrected chi connectivity index (χ2v) is 9.27. The van der Waals surface area contributed by atoms with Gasteiger partial charge in [-0.15, -0.1) is 10.2 Å². The van der Waals surface area contributed by atoms with E-state index in [0.29, 0.717) is 29.1 Å². The van der Waals surface area contributed by atoms with Gasteiger partial charge in [-0.1, -0.05) is 48.5 Å². The Morgan fingerprint density at radius 3 is 2.70 bits per heavy atom. The number of hydrogen-bond donors (Lipinski definition) is 1. The van der Waals surface area contributed by atoms with Crippen molar-refractivity contribution in [1.29, 1.82) is 0 Å². The largest absolute Gasteiger partial charge is 0.355 e. The minimum Gasteiger partial charge on any atom is -0.355 e. The van der Waals surface area contributed by atoms with Crippen LogP contribution in [0.25, 0.3) is 17.1 Å². The number of nitrogens with zero attached hydrogens (tertiary/aromatic N) is 4. The van der Waals surface area contributed by atoms with Gasteiger partial charge in [0.1, 0.15) is 5.82 Å². The van der Waals surface area contributed by atoms with Gasteiger partial charge >= 0.3 is 0 Å². The molecule has 174 valence electrons. The van der Waals surface area contributed by atoms with Crippen LogP contribution in [0.3, 0.4) is 0 Å². The summed E-state index contributed by atoms with van der Waals surface area (Å²) >= 11 is 1.30. The molecule has 2 heterocycles. The number of carbonyl (C=O) groups excluding carboxylic acids is 1. The van der Waals surface area contributed by atoms with Crippen LogP contribution < -0.4 is 5.32 Å². The van der Waals surface area contributed by atoms with Crippen molar-refractivity contribution in [2.45, 2.75) is 43.8 Å². The Bertz CT molecular complexity index is 1060. The fourth-order valence-corrected chi connectivity index (χ4v) is 4.95. The van der Waals surface area contributed by atoms with E-state index < -0.39 is 0 Å². The van der Waals surface area contributed by atoms with Crippen LogP contribution in [-0.4, -0.2) is 57.0 Å². The number of carbonyl (C=O) groups is 1. The van der Waals surface area contributed by atoms with Gasteiger partial charge < -0.3 is 10.2 Å². The average molecular weight is 468 g/mol. The summed E-state index contributed by atoms with van der Waals surface area (Å²) in [5.41, 5.74) is 1.19. The number of likely N-dealkylation sites (tertiary alicyclic amines) is 1. The molecular weight excluding hydrogens is 437 g/mol. The lowest BCUT2D eigenvalue weighted by atomic mass is 10.0. The SMILES string of the molecule is CC1CCCCN1CCCNC(=O)CSc1nnc(-c2ccccc2F)n1-c1ccccc1. The van der Waals surface area contributed by atoms with Gasteiger partial charge in [-0.25, -0.2) is 4.39 Å². The highest BCUT2D eigenvalue weighted by Crippen LogP contribution is 2.29. The minimum absolute atomic E-state index is 0.0401. The number of benzene rings is 2. The molecule has 1 fully saturated rings. The zero-order valence-corrected chi connectivity index (χ0v) is 19.7. The van der Waals surface area contributed by atoms with Gasteiger partial charge in [0.2, 0.25) is 5.91 Å². The molecule has 0 bridgehead atoms. The van der Waals surface area contributed by atoms with Gasteiger partial charge in [-0.2, -0.15) is 0 Å². The summed E-state index contributed by atoms with van der Waals surface area (Å²) in [6.45, 7) is 5.12. The van der Waals surface area contributed by atoms with Crippen LogP contribution in [0, 0.1) is 5.82 Å². The van der Waals surface area contributed by atoms with E-state index in [1.165, 1.54) is 37.1 Å². The zero-order valence-electron chi connectivity index (χ0n) is 18.9. The molecule has 0 aliphatic carbocycles. The van der Waals surface area contributed by atoms with E-state index in [2.05, 4.69) is 27.3 Å². The summed E-state index contributed by atoms with van der Waals surface area (Å²) in [6, 6.07) is 16.7. The third-order valence-corrected chi connectivity index (χ3v) is 6.91. The van der Waals surface area contributed by atoms with Crippen molar-refractivity contribution in [1.82, 2.24) is 25.0 Å². The Hall–Kier alpha value is -2.71. The first-order valence-electron chi connectivity index (χ1n) is 11.5. The number of hydrogen-bond acceptors (Lipinski definition) is 5. The van der Waals surface area contributed by atoms with E-state index in [9.17, 15) is 9.18 Å². The number of halogens is 1. The van der Waals surface area contributed by atoms with E-state index >= 15 is 0 Å². The lowest BCUT2D eigenvalue weighted by molar-refractivity contribution is -0.118. The number of piperidine rings is 1. The Balaban J connectivity index is 1.38. The lowest BCUT2D eigenvalue weighted by Gasteiger charge is -2.33. The second kappa shape index (κ2) is 11.4. The van der Waals surface area contributed by atoms with Crippen LogP contribution in [0.15, 0.2) is 59.8 Å². The number of para-hydroxylation sites is 1. The molecule has 4 rings (SSSR count). The van der Waals surface area contributed by atoms with Crippen molar-refractivity contribution in [2.75, 3.05) is 25.4 Å². The van der Waals surface area contributed by atoms with Crippen LogP contribution >= 0.6 is 11.8 Å². The first-order chi connectivity index (χ1) is 16.1. The molecule has 1 aliphatic heterocycles. The molecule has 1 atom stereocenters. The predicted octanol–water partition coefficient (Wildman–Crippen LogP) is 4.55. The predicted molar refractivity (Wildman–Crippen MR) is 130 cm³/mol. The summed E-state index contributed by atoms with van der Waals surface area (Å²) in [5.74, 6) is 0.238. The van der Waals surface area contributed by atoms with Crippen LogP contribution in [0.4, 0.5) is 4.39 Å². The second-order valence-electron chi connectivity index (χ2n) is 8.33. The van der Waals surface area contributed by atoms with Crippen molar-refractivity contribution >= 4 is 17.7 Å². The molecule has 1 unspecified atom stereocenters. The Morgan fingerprint density at radius 2 is 1.91 bits per heavy atom. The highest BCUT2D eigenvalue weighted by Gasteiger charge is 2.20. The van der Waals surface area contributed by atoms with Crippen LogP contribution in [0.1, 0.15) is 32.6 Å². The van der Waals surface area contributed by atoms with Crippen molar-refractivity contribution in [3.63, 3.8) is 0 Å². The topological polar surface area (TPSA) is 63.1 Å². The molecule has 33 heavy (non-hydrogen) atoms. The Labute approximate surface area is 198 Å². The van der Waals surface area contributed by atoms with Gasteiger partial charge in [0.25, 0.3) is 0 Å². The van der Waals surface area contributed by atoms with E-state index in [1.807, 2.05) is 30.3 Å². The molecule has 1 saturated heterocycles. The number of aromatic nitrogens is 3. The van der Waals surface area contributed by atoms with Crippen LogP contribution in [0.5, 0.6) is 0 Å². The molecule has 1 aliphatic rings. The fourth-order valence-electron chi connectivity index (χ4n) is 4.17. The normalized spacial score (nSPS) is 16.6. The summed E-state index contributed by atoms with van der Waals surface area (Å²) in [6.07, 6.45) is 4.79. The van der Waals surface area contributed by atoms with Crippen molar-refractivity contribution in [2.24, 2.45) is 0 Å². The highest BCUT2D eigenvalue weighted by atomic mass is 32.2. The maximum absolute atomic E-state index is 14.5. The van der Waals surface area contributed by atoms with Crippen LogP contribution in [-0.2, 0) is 4.79 Å². The van der Waals surface area contributed by atoms with E-state index in [4.69, 9.17) is 0 Å². The van der Waals surface area contributed by atoms with Gasteiger partial charge in [0, 0.05) is 24.8 Å². The van der Waals surface area contributed by atoms with Gasteiger partial charge in [0.15, 0.2) is 11.0 Å². The highest BCUT2D eigenvalue weighted by molar-refractivity contribution is 7.99. The monoisotopic (exact) mass is 467 g/mol. The first kappa shape index (κ1) is 23.4.